The maximum absolute atomic E-state index is 9.51. The van der Waals surface area contributed by atoms with Gasteiger partial charge in [-0.15, -0.1) is 0 Å². The van der Waals surface area contributed by atoms with Crippen molar-refractivity contribution in [2.75, 3.05) is 0 Å². The summed E-state index contributed by atoms with van der Waals surface area (Å²) in [4.78, 5) is 0. The van der Waals surface area contributed by atoms with Crippen LogP contribution in [0.15, 0.2) is 0 Å². The Morgan fingerprint density at radius 2 is 0.867 bits per heavy atom. The van der Waals surface area contributed by atoms with E-state index in [-0.39, 0.29) is 76.2 Å². The van der Waals surface area contributed by atoms with E-state index in [1.807, 2.05) is 0 Å². The van der Waals surface area contributed by atoms with Crippen LogP contribution in [-0.4, -0.2) is 95.6 Å². The molecule has 4 N–H and O–H groups in total. The van der Waals surface area contributed by atoms with E-state index in [4.69, 9.17) is 19.6 Å². The molecule has 0 radical (unpaired) electrons. The quantitative estimate of drug-likeness (QED) is 0.184. The second-order valence-corrected chi connectivity index (χ2v) is 2.97. The average Bonchev–Trinajstić information content (AvgIpc) is 1.86. The molecule has 0 amide bonds. The van der Waals surface area contributed by atoms with Crippen LogP contribution in [0.3, 0.4) is 0 Å². The summed E-state index contributed by atoms with van der Waals surface area (Å²) in [6.07, 6.45) is 0. The fourth-order valence-corrected chi connectivity index (χ4v) is 0.632. The van der Waals surface area contributed by atoms with Gasteiger partial charge >= 0.3 is 79.9 Å². The molecule has 0 heterocycles. The van der Waals surface area contributed by atoms with Gasteiger partial charge in [0.05, 0.1) is 0 Å². The first-order chi connectivity index (χ1) is 5.21. The van der Waals surface area contributed by atoms with Crippen molar-refractivity contribution in [2.45, 2.75) is 0 Å². The third kappa shape index (κ3) is 38.6. The molecule has 0 rings (SSSR count). The summed E-state index contributed by atoms with van der Waals surface area (Å²) >= 11 is 0. The molecule has 88 valence electrons. The summed E-state index contributed by atoms with van der Waals surface area (Å²) < 4.78 is 58.9. The molecule has 0 fully saturated rings. The summed E-state index contributed by atoms with van der Waals surface area (Å²) in [5.74, 6) is 0. The van der Waals surface area contributed by atoms with Crippen molar-refractivity contribution in [1.29, 1.82) is 0 Å². The number of hydrogen-bond donors (Lipinski definition) is 4. The van der Waals surface area contributed by atoms with Crippen LogP contribution in [0.4, 0.5) is 0 Å². The van der Waals surface area contributed by atoms with Gasteiger partial charge in [0.15, 0.2) is 0 Å². The monoisotopic (exact) mass is 332 g/mol. The van der Waals surface area contributed by atoms with Crippen molar-refractivity contribution in [2.24, 2.45) is 0 Å². The van der Waals surface area contributed by atoms with Gasteiger partial charge in [0.1, 0.15) is 0 Å². The van der Waals surface area contributed by atoms with Crippen molar-refractivity contribution in [1.82, 2.24) is 0 Å². The zero-order valence-corrected chi connectivity index (χ0v) is 8.15. The van der Waals surface area contributed by atoms with Crippen LogP contribution in [0.2, 0.25) is 0 Å². The van der Waals surface area contributed by atoms with Crippen molar-refractivity contribution in [3.8, 4) is 0 Å². The third-order valence-corrected chi connectivity index (χ3v) is 0.766. The molecule has 15 heavy (non-hydrogen) atoms. The van der Waals surface area contributed by atoms with Gasteiger partial charge in [-0.25, -0.2) is 0 Å². The maximum atomic E-state index is 9.51. The van der Waals surface area contributed by atoms with Crippen LogP contribution in [0.1, 0.15) is 0 Å². The molecule has 0 aliphatic heterocycles. The summed E-state index contributed by atoms with van der Waals surface area (Å²) in [6.45, 7) is 0. The Bertz CT molecular complexity index is 257. The molecule has 0 saturated heterocycles. The third-order valence-electron chi connectivity index (χ3n) is 0.200. The Morgan fingerprint density at radius 3 is 0.933 bits per heavy atom. The van der Waals surface area contributed by atoms with Crippen LogP contribution >= 0.6 is 0 Å². The molecule has 10 nitrogen and oxygen atoms in total. The van der Waals surface area contributed by atoms with Gasteiger partial charge in [0.25, 0.3) is 0 Å². The first-order valence-corrected chi connectivity index (χ1v) is 4.46. The zero-order chi connectivity index (χ0) is 10.4. The fraction of sp³-hybridized carbons (Fsp3) is 0. The van der Waals surface area contributed by atoms with Crippen molar-refractivity contribution >= 4 is 79.9 Å². The second-order valence-electron chi connectivity index (χ2n) is 0.992. The minimum atomic E-state index is -5.02. The van der Waals surface area contributed by atoms with E-state index in [1.54, 1.807) is 0 Å². The van der Waals surface area contributed by atoms with Gasteiger partial charge in [0.2, 0.25) is 0 Å². The molecule has 0 aliphatic carbocycles. The van der Waals surface area contributed by atoms with E-state index in [0.29, 0.717) is 0 Å². The summed E-state index contributed by atoms with van der Waals surface area (Å²) in [5.41, 5.74) is 0. The molecule has 15 heteroatoms. The molecular weight excluding hydrogens is 326 g/mol. The van der Waals surface area contributed by atoms with E-state index < -0.39 is 20.8 Å². The van der Waals surface area contributed by atoms with Gasteiger partial charge in [-0.2, -0.15) is 16.8 Å². The van der Waals surface area contributed by atoms with Gasteiger partial charge in [-0.05, 0) is 0 Å². The van der Waals surface area contributed by atoms with Crippen molar-refractivity contribution in [3.63, 3.8) is 0 Å². The Hall–Kier alpha value is 2.18. The van der Waals surface area contributed by atoms with E-state index in [2.05, 4.69) is 8.67 Å². The zero-order valence-electron chi connectivity index (χ0n) is 5.41. The first-order valence-electron chi connectivity index (χ1n) is 1.73. The summed E-state index contributed by atoms with van der Waals surface area (Å²) in [6, 6.07) is 0. The summed E-state index contributed by atoms with van der Waals surface area (Å²) in [5, 5.41) is 12.0. The van der Waals surface area contributed by atoms with E-state index >= 15 is 0 Å². The minimum absolute atomic E-state index is 0. The predicted molar refractivity (Wildman–Crippen MR) is 44.8 cm³/mol. The second kappa shape index (κ2) is 14.2. The molecule has 0 bridgehead atoms. The van der Waals surface area contributed by atoms with Crippen LogP contribution < -0.4 is 0 Å². The molecule has 0 aromatic heterocycles. The Balaban J connectivity index is -0.0000000626. The normalized spacial score (nSPS) is 9.33. The van der Waals surface area contributed by atoms with Gasteiger partial charge < -0.3 is 0 Å². The van der Waals surface area contributed by atoms with Crippen LogP contribution in [0.25, 0.3) is 0 Å². The van der Waals surface area contributed by atoms with E-state index in [0.717, 1.165) is 0 Å². The molecule has 0 spiro atoms. The van der Waals surface area contributed by atoms with Crippen LogP contribution in [0, 0.1) is 0 Å². The molecule has 0 unspecified atom stereocenters. The molecular formula is H6FeNa2O10S2. The molecule has 0 aromatic carbocycles. The molecule has 0 aromatic rings. The van der Waals surface area contributed by atoms with Gasteiger partial charge in [0, 0.05) is 17.1 Å². The standard InChI is InChI=1S/Fe.2Na.H2O8S2.H2O2.2H/c;;;1-9(2,3)7-8-10(4,5)6;1-2;;/h;;;(H,1,2,3)(H,4,5,6);1-2H;;. The predicted octanol–water partition coefficient (Wildman–Crippen LogP) is -2.74. The summed E-state index contributed by atoms with van der Waals surface area (Å²) in [7, 11) is -10.0. The SMILES string of the molecule is O=S(=O)(O)OOS(=O)(=O)O.OO.[Fe].[NaH].[NaH]. The topological polar surface area (TPSA) is 168 Å². The Kier molecular flexibility index (Phi) is 28.8. The van der Waals surface area contributed by atoms with Gasteiger partial charge in [-0.1, -0.05) is 8.67 Å². The van der Waals surface area contributed by atoms with E-state index in [1.165, 1.54) is 0 Å². The number of hydrogen-bond acceptors (Lipinski definition) is 8. The Labute approximate surface area is 140 Å². The van der Waals surface area contributed by atoms with Crippen molar-refractivity contribution < 1.29 is 62.2 Å². The Morgan fingerprint density at radius 1 is 0.733 bits per heavy atom. The van der Waals surface area contributed by atoms with Crippen LogP contribution in [0.5, 0.6) is 0 Å². The average molecular weight is 332 g/mol. The van der Waals surface area contributed by atoms with Crippen LogP contribution in [-0.2, 0) is 46.5 Å². The van der Waals surface area contributed by atoms with Gasteiger partial charge in [-0.3, -0.25) is 19.6 Å². The molecule has 0 saturated carbocycles. The van der Waals surface area contributed by atoms with E-state index in [9.17, 15) is 16.8 Å². The van der Waals surface area contributed by atoms with Crippen molar-refractivity contribution in [3.05, 3.63) is 0 Å². The molecule has 0 atom stereocenters. The first kappa shape index (κ1) is 30.3. The number of rotatable bonds is 3. The molecule has 0 aliphatic rings. The fourth-order valence-electron chi connectivity index (χ4n) is 0.0702.